The molecule has 2 amide bonds. The number of carbonyl (C=O) groups is 2. The number of rotatable bonds is 12. The van der Waals surface area contributed by atoms with E-state index in [9.17, 15) is 18.0 Å². The van der Waals surface area contributed by atoms with Crippen LogP contribution >= 0.6 is 34.8 Å². The number of amides is 2. The van der Waals surface area contributed by atoms with Crippen LogP contribution < -0.4 is 9.62 Å². The summed E-state index contributed by atoms with van der Waals surface area (Å²) in [7, 11) is -4.21. The molecule has 4 aromatic rings. The van der Waals surface area contributed by atoms with Crippen LogP contribution in [0.5, 0.6) is 0 Å². The van der Waals surface area contributed by atoms with Crippen LogP contribution in [0.1, 0.15) is 23.6 Å². The number of hydrogen-bond donors (Lipinski definition) is 1. The van der Waals surface area contributed by atoms with E-state index >= 15 is 0 Å². The predicted octanol–water partition coefficient (Wildman–Crippen LogP) is 6.93. The molecule has 7 nitrogen and oxygen atoms in total. The van der Waals surface area contributed by atoms with Crippen LogP contribution in [0.3, 0.4) is 0 Å². The first kappa shape index (κ1) is 33.3. The van der Waals surface area contributed by atoms with Gasteiger partial charge in [0.05, 0.1) is 20.6 Å². The Morgan fingerprint density at radius 1 is 0.818 bits per heavy atom. The molecule has 4 rings (SSSR count). The lowest BCUT2D eigenvalue weighted by atomic mass is 10.0. The Morgan fingerprint density at radius 3 is 2.09 bits per heavy atom. The maximum Gasteiger partial charge on any atom is 0.264 e. The van der Waals surface area contributed by atoms with Gasteiger partial charge >= 0.3 is 0 Å². The second kappa shape index (κ2) is 14.9. The summed E-state index contributed by atoms with van der Waals surface area (Å²) in [4.78, 5) is 29.4. The molecular formula is C33H32Cl3N3O4S. The number of carbonyl (C=O) groups excluding carboxylic acids is 2. The van der Waals surface area contributed by atoms with Crippen molar-refractivity contribution in [3.05, 3.63) is 129 Å². The molecule has 0 spiro atoms. The minimum Gasteiger partial charge on any atom is -0.355 e. The molecule has 1 atom stereocenters. The minimum absolute atomic E-state index is 0.0164. The van der Waals surface area contributed by atoms with Crippen molar-refractivity contribution in [3.8, 4) is 0 Å². The molecule has 0 saturated carbocycles. The third-order valence-electron chi connectivity index (χ3n) is 7.00. The van der Waals surface area contributed by atoms with Crippen molar-refractivity contribution >= 4 is 62.3 Å². The van der Waals surface area contributed by atoms with Crippen molar-refractivity contribution in [3.63, 3.8) is 0 Å². The van der Waals surface area contributed by atoms with E-state index in [2.05, 4.69) is 5.32 Å². The maximum absolute atomic E-state index is 14.4. The molecule has 11 heteroatoms. The lowest BCUT2D eigenvalue weighted by Crippen LogP contribution is -2.53. The van der Waals surface area contributed by atoms with E-state index in [1.54, 1.807) is 68.4 Å². The van der Waals surface area contributed by atoms with E-state index < -0.39 is 28.5 Å². The lowest BCUT2D eigenvalue weighted by Gasteiger charge is -2.34. The lowest BCUT2D eigenvalue weighted by molar-refractivity contribution is -0.140. The Balaban J connectivity index is 1.82. The van der Waals surface area contributed by atoms with Crippen LogP contribution in [0.25, 0.3) is 0 Å². The van der Waals surface area contributed by atoms with Crippen LogP contribution in [-0.4, -0.2) is 44.3 Å². The van der Waals surface area contributed by atoms with Gasteiger partial charge in [-0.15, -0.1) is 0 Å². The molecule has 0 heterocycles. The minimum atomic E-state index is -4.21. The number of halogens is 3. The Kier molecular flexibility index (Phi) is 11.3. The van der Waals surface area contributed by atoms with Crippen molar-refractivity contribution in [1.82, 2.24) is 10.2 Å². The van der Waals surface area contributed by atoms with E-state index in [0.717, 1.165) is 9.87 Å². The van der Waals surface area contributed by atoms with E-state index in [0.29, 0.717) is 38.4 Å². The van der Waals surface area contributed by atoms with Gasteiger partial charge in [-0.2, -0.15) is 0 Å². The number of benzene rings is 4. The first-order valence-corrected chi connectivity index (χ1v) is 16.5. The Hall–Kier alpha value is -3.56. The quantitative estimate of drug-likeness (QED) is 0.177. The van der Waals surface area contributed by atoms with E-state index in [4.69, 9.17) is 34.8 Å². The zero-order chi connectivity index (χ0) is 31.9. The number of likely N-dealkylation sites (N-methyl/N-ethyl adjacent to an activating group) is 1. The number of aryl methyl sites for hydroxylation is 1. The van der Waals surface area contributed by atoms with E-state index in [1.165, 1.54) is 17.0 Å². The smallest absolute Gasteiger partial charge is 0.264 e. The molecule has 230 valence electrons. The highest BCUT2D eigenvalue weighted by Gasteiger charge is 2.35. The predicted molar refractivity (Wildman–Crippen MR) is 177 cm³/mol. The molecule has 0 unspecified atom stereocenters. The second-order valence-corrected chi connectivity index (χ2v) is 13.2. The van der Waals surface area contributed by atoms with Gasteiger partial charge in [0.15, 0.2) is 0 Å². The fourth-order valence-corrected chi connectivity index (χ4v) is 6.86. The SMILES string of the molecule is CCNC(=O)[C@@H](Cc1ccccc1)N(Cc1ccc(Cl)c(Cl)c1)C(=O)CN(c1ccc(Cl)cc1C)S(=O)(=O)c1ccccc1. The molecular weight excluding hydrogens is 641 g/mol. The van der Waals surface area contributed by atoms with Crippen molar-refractivity contribution in [2.24, 2.45) is 0 Å². The summed E-state index contributed by atoms with van der Waals surface area (Å²) in [6.07, 6.45) is 0.200. The highest BCUT2D eigenvalue weighted by Crippen LogP contribution is 2.30. The van der Waals surface area contributed by atoms with Crippen LogP contribution in [-0.2, 0) is 32.6 Å². The van der Waals surface area contributed by atoms with E-state index in [-0.39, 0.29) is 23.8 Å². The number of nitrogens with zero attached hydrogens (tertiary/aromatic N) is 2. The van der Waals surface area contributed by atoms with Gasteiger partial charge in [-0.05, 0) is 73.0 Å². The first-order chi connectivity index (χ1) is 21.0. The zero-order valence-corrected chi connectivity index (χ0v) is 27.3. The second-order valence-electron chi connectivity index (χ2n) is 10.1. The molecule has 0 aliphatic heterocycles. The number of sulfonamides is 1. The third-order valence-corrected chi connectivity index (χ3v) is 9.74. The molecule has 0 aliphatic rings. The van der Waals surface area contributed by atoms with Gasteiger partial charge in [0.25, 0.3) is 10.0 Å². The maximum atomic E-state index is 14.4. The zero-order valence-electron chi connectivity index (χ0n) is 24.2. The van der Waals surface area contributed by atoms with Crippen molar-refractivity contribution in [2.75, 3.05) is 17.4 Å². The highest BCUT2D eigenvalue weighted by atomic mass is 35.5. The normalized spacial score (nSPS) is 11.9. The molecule has 1 N–H and O–H groups in total. The van der Waals surface area contributed by atoms with Crippen LogP contribution in [0.2, 0.25) is 15.1 Å². The van der Waals surface area contributed by atoms with Gasteiger partial charge < -0.3 is 10.2 Å². The molecule has 0 fully saturated rings. The Bertz CT molecular complexity index is 1720. The van der Waals surface area contributed by atoms with Gasteiger partial charge in [0.1, 0.15) is 12.6 Å². The summed E-state index contributed by atoms with van der Waals surface area (Å²) in [5.41, 5.74) is 2.30. The van der Waals surface area contributed by atoms with Gasteiger partial charge in [0, 0.05) is 24.5 Å². The average molecular weight is 673 g/mol. The largest absolute Gasteiger partial charge is 0.355 e. The molecule has 0 saturated heterocycles. The first-order valence-electron chi connectivity index (χ1n) is 13.9. The monoisotopic (exact) mass is 671 g/mol. The molecule has 0 aliphatic carbocycles. The Labute approximate surface area is 273 Å². The Morgan fingerprint density at radius 2 is 1.48 bits per heavy atom. The summed E-state index contributed by atoms with van der Waals surface area (Å²) < 4.78 is 29.2. The summed E-state index contributed by atoms with van der Waals surface area (Å²) in [5.74, 6) is -0.956. The fourth-order valence-electron chi connectivity index (χ4n) is 4.81. The molecule has 0 radical (unpaired) electrons. The number of hydrogen-bond acceptors (Lipinski definition) is 4. The summed E-state index contributed by atoms with van der Waals surface area (Å²) in [5, 5.41) is 3.90. The van der Waals surface area contributed by atoms with Crippen LogP contribution in [0, 0.1) is 6.92 Å². The summed E-state index contributed by atoms with van der Waals surface area (Å²) in [6.45, 7) is 3.26. The van der Waals surface area contributed by atoms with Crippen LogP contribution in [0.4, 0.5) is 5.69 Å². The molecule has 0 bridgehead atoms. The van der Waals surface area contributed by atoms with Crippen molar-refractivity contribution in [1.29, 1.82) is 0 Å². The van der Waals surface area contributed by atoms with Gasteiger partial charge in [-0.3, -0.25) is 13.9 Å². The third kappa shape index (κ3) is 8.12. The van der Waals surface area contributed by atoms with Gasteiger partial charge in [0.2, 0.25) is 11.8 Å². The van der Waals surface area contributed by atoms with Crippen LogP contribution in [0.15, 0.2) is 102 Å². The fraction of sp³-hybridized carbons (Fsp3) is 0.212. The molecule has 0 aromatic heterocycles. The van der Waals surface area contributed by atoms with Crippen molar-refractivity contribution in [2.45, 2.75) is 37.8 Å². The average Bonchev–Trinajstić information content (AvgIpc) is 3.00. The van der Waals surface area contributed by atoms with E-state index in [1.807, 2.05) is 30.3 Å². The number of anilines is 1. The summed E-state index contributed by atoms with van der Waals surface area (Å²) >= 11 is 18.7. The molecule has 44 heavy (non-hydrogen) atoms. The topological polar surface area (TPSA) is 86.8 Å². The highest BCUT2D eigenvalue weighted by molar-refractivity contribution is 7.92. The number of nitrogens with one attached hydrogen (secondary N) is 1. The standard InChI is InChI=1S/C33H32Cl3N3O4S/c1-3-37-33(41)31(20-24-10-6-4-7-11-24)38(21-25-14-16-28(35)29(36)19-25)32(40)22-39(30-17-15-26(34)18-23(30)2)44(42,43)27-12-8-5-9-13-27/h4-19,31H,3,20-22H2,1-2H3,(H,37,41)/t31-/m1/s1. The summed E-state index contributed by atoms with van der Waals surface area (Å²) in [6, 6.07) is 26.0. The van der Waals surface area contributed by atoms with Crippen molar-refractivity contribution < 1.29 is 18.0 Å². The van der Waals surface area contributed by atoms with Gasteiger partial charge in [-0.25, -0.2) is 8.42 Å². The molecule has 4 aromatic carbocycles. The van der Waals surface area contributed by atoms with Gasteiger partial charge in [-0.1, -0.05) is 89.4 Å².